The summed E-state index contributed by atoms with van der Waals surface area (Å²) in [5.41, 5.74) is 6.72. The molecule has 3 N–H and O–H groups in total. The Bertz CT molecular complexity index is 540. The summed E-state index contributed by atoms with van der Waals surface area (Å²) in [5, 5.41) is 3.21. The molecule has 0 saturated heterocycles. The number of nitrogens with one attached hydrogen (secondary N) is 1. The minimum absolute atomic E-state index is 0.458. The minimum atomic E-state index is 0.458. The fourth-order valence-electron chi connectivity index (χ4n) is 1.68. The van der Waals surface area contributed by atoms with Gasteiger partial charge >= 0.3 is 0 Å². The van der Waals surface area contributed by atoms with E-state index in [2.05, 4.69) is 22.2 Å². The smallest absolute Gasteiger partial charge is 0.163 e. The van der Waals surface area contributed by atoms with Gasteiger partial charge in [-0.15, -0.1) is 0 Å². The third-order valence-electron chi connectivity index (χ3n) is 2.65. The molecule has 0 amide bonds. The van der Waals surface area contributed by atoms with E-state index in [0.29, 0.717) is 11.6 Å². The van der Waals surface area contributed by atoms with Gasteiger partial charge in [-0.1, -0.05) is 6.92 Å². The lowest BCUT2D eigenvalue weighted by molar-refractivity contribution is 0.415. The number of nitrogens with zero attached hydrogens (tertiary/aromatic N) is 2. The van der Waals surface area contributed by atoms with Crippen molar-refractivity contribution in [3.8, 4) is 17.1 Å². The van der Waals surface area contributed by atoms with Crippen molar-refractivity contribution in [2.24, 2.45) is 0 Å². The molecule has 0 unspecified atom stereocenters. The van der Waals surface area contributed by atoms with E-state index >= 15 is 0 Å². The second-order valence-electron chi connectivity index (χ2n) is 4.16. The predicted molar refractivity (Wildman–Crippen MR) is 77.2 cm³/mol. The number of hydrogen-bond acceptors (Lipinski definition) is 5. The maximum atomic E-state index is 5.81. The average molecular weight is 258 g/mol. The van der Waals surface area contributed by atoms with Crippen LogP contribution in [-0.4, -0.2) is 23.6 Å². The molecule has 5 heteroatoms. The van der Waals surface area contributed by atoms with Gasteiger partial charge in [0.15, 0.2) is 5.82 Å². The summed E-state index contributed by atoms with van der Waals surface area (Å²) in [6.07, 6.45) is 1.03. The van der Waals surface area contributed by atoms with Crippen LogP contribution in [-0.2, 0) is 0 Å². The van der Waals surface area contributed by atoms with E-state index in [1.165, 1.54) is 0 Å². The molecule has 0 bridgehead atoms. The largest absolute Gasteiger partial charge is 0.497 e. The highest BCUT2D eigenvalue weighted by molar-refractivity contribution is 5.61. The number of anilines is 2. The van der Waals surface area contributed by atoms with Gasteiger partial charge in [0.05, 0.1) is 7.11 Å². The zero-order chi connectivity index (χ0) is 13.7. The molecule has 0 aliphatic rings. The Morgan fingerprint density at radius 1 is 1.21 bits per heavy atom. The number of methoxy groups -OCH3 is 1. The molecule has 1 aromatic carbocycles. The highest BCUT2D eigenvalue weighted by atomic mass is 16.5. The van der Waals surface area contributed by atoms with E-state index in [1.54, 1.807) is 13.2 Å². The lowest BCUT2D eigenvalue weighted by atomic mass is 10.2. The molecule has 5 nitrogen and oxygen atoms in total. The van der Waals surface area contributed by atoms with Gasteiger partial charge in [0.1, 0.15) is 17.4 Å². The van der Waals surface area contributed by atoms with Gasteiger partial charge in [0.25, 0.3) is 0 Å². The van der Waals surface area contributed by atoms with E-state index in [4.69, 9.17) is 10.5 Å². The third kappa shape index (κ3) is 3.34. The topological polar surface area (TPSA) is 73.1 Å². The van der Waals surface area contributed by atoms with E-state index in [-0.39, 0.29) is 0 Å². The van der Waals surface area contributed by atoms with Gasteiger partial charge in [-0.05, 0) is 30.7 Å². The van der Waals surface area contributed by atoms with Gasteiger partial charge in [-0.25, -0.2) is 9.97 Å². The van der Waals surface area contributed by atoms with Crippen molar-refractivity contribution in [2.75, 3.05) is 24.7 Å². The lowest BCUT2D eigenvalue weighted by Gasteiger charge is -2.08. The average Bonchev–Trinajstić information content (AvgIpc) is 2.44. The van der Waals surface area contributed by atoms with Crippen molar-refractivity contribution < 1.29 is 4.74 Å². The van der Waals surface area contributed by atoms with Gasteiger partial charge in [0.2, 0.25) is 0 Å². The number of rotatable bonds is 5. The van der Waals surface area contributed by atoms with Crippen LogP contribution in [0.4, 0.5) is 11.6 Å². The van der Waals surface area contributed by atoms with Crippen molar-refractivity contribution in [1.82, 2.24) is 9.97 Å². The second kappa shape index (κ2) is 6.04. The SMILES string of the molecule is CCCNc1cc(N)nc(-c2ccc(OC)cc2)n1. The van der Waals surface area contributed by atoms with Crippen LogP contribution in [0.1, 0.15) is 13.3 Å². The highest BCUT2D eigenvalue weighted by Gasteiger charge is 2.05. The quantitative estimate of drug-likeness (QED) is 0.862. The second-order valence-corrected chi connectivity index (χ2v) is 4.16. The summed E-state index contributed by atoms with van der Waals surface area (Å²) < 4.78 is 5.13. The molecular formula is C14H18N4O. The standard InChI is InChI=1S/C14H18N4O/c1-3-8-16-13-9-12(15)17-14(18-13)10-4-6-11(19-2)7-5-10/h4-7,9H,3,8H2,1-2H3,(H3,15,16,17,18). The monoisotopic (exact) mass is 258 g/mol. The molecule has 19 heavy (non-hydrogen) atoms. The Balaban J connectivity index is 2.29. The van der Waals surface area contributed by atoms with Crippen molar-refractivity contribution in [3.05, 3.63) is 30.3 Å². The van der Waals surface area contributed by atoms with Gasteiger partial charge in [0, 0.05) is 18.2 Å². The number of benzene rings is 1. The third-order valence-corrected chi connectivity index (χ3v) is 2.65. The zero-order valence-corrected chi connectivity index (χ0v) is 11.2. The van der Waals surface area contributed by atoms with Crippen LogP contribution in [0.3, 0.4) is 0 Å². The van der Waals surface area contributed by atoms with Gasteiger partial charge < -0.3 is 15.8 Å². The van der Waals surface area contributed by atoms with E-state index < -0.39 is 0 Å². The maximum absolute atomic E-state index is 5.81. The number of aromatic nitrogens is 2. The van der Waals surface area contributed by atoms with E-state index in [0.717, 1.165) is 30.1 Å². The van der Waals surface area contributed by atoms with Crippen molar-refractivity contribution >= 4 is 11.6 Å². The fourth-order valence-corrected chi connectivity index (χ4v) is 1.68. The fraction of sp³-hybridized carbons (Fsp3) is 0.286. The van der Waals surface area contributed by atoms with Crippen LogP contribution in [0.2, 0.25) is 0 Å². The first-order valence-electron chi connectivity index (χ1n) is 6.25. The van der Waals surface area contributed by atoms with Crippen molar-refractivity contribution in [2.45, 2.75) is 13.3 Å². The van der Waals surface area contributed by atoms with Crippen molar-refractivity contribution in [3.63, 3.8) is 0 Å². The number of nitrogen functional groups attached to an aromatic ring is 1. The molecule has 0 saturated carbocycles. The summed E-state index contributed by atoms with van der Waals surface area (Å²) in [6.45, 7) is 2.96. The molecule has 0 aliphatic carbocycles. The molecule has 0 radical (unpaired) electrons. The van der Waals surface area contributed by atoms with E-state index in [1.807, 2.05) is 24.3 Å². The first kappa shape index (κ1) is 13.1. The molecule has 100 valence electrons. The first-order chi connectivity index (χ1) is 9.22. The van der Waals surface area contributed by atoms with Gasteiger partial charge in [-0.2, -0.15) is 0 Å². The number of nitrogens with two attached hydrogens (primary N) is 1. The minimum Gasteiger partial charge on any atom is -0.497 e. The Morgan fingerprint density at radius 2 is 1.95 bits per heavy atom. The van der Waals surface area contributed by atoms with Crippen LogP contribution < -0.4 is 15.8 Å². The Kier molecular flexibility index (Phi) is 4.18. The predicted octanol–water partition coefficient (Wildman–Crippen LogP) is 2.56. The molecule has 1 heterocycles. The van der Waals surface area contributed by atoms with Crippen LogP contribution in [0.5, 0.6) is 5.75 Å². The molecular weight excluding hydrogens is 240 g/mol. The van der Waals surface area contributed by atoms with Crippen LogP contribution in [0, 0.1) is 0 Å². The Hall–Kier alpha value is -2.30. The maximum Gasteiger partial charge on any atom is 0.163 e. The Morgan fingerprint density at radius 3 is 2.58 bits per heavy atom. The zero-order valence-electron chi connectivity index (χ0n) is 11.2. The van der Waals surface area contributed by atoms with Crippen LogP contribution in [0.15, 0.2) is 30.3 Å². The van der Waals surface area contributed by atoms with Crippen LogP contribution in [0.25, 0.3) is 11.4 Å². The molecule has 0 fully saturated rings. The molecule has 2 aromatic rings. The number of hydrogen-bond donors (Lipinski definition) is 2. The molecule has 1 aromatic heterocycles. The highest BCUT2D eigenvalue weighted by Crippen LogP contribution is 2.21. The summed E-state index contributed by atoms with van der Waals surface area (Å²) in [6, 6.07) is 9.32. The summed E-state index contributed by atoms with van der Waals surface area (Å²) in [4.78, 5) is 8.71. The van der Waals surface area contributed by atoms with Crippen molar-refractivity contribution in [1.29, 1.82) is 0 Å². The van der Waals surface area contributed by atoms with Crippen LogP contribution >= 0.6 is 0 Å². The summed E-state index contributed by atoms with van der Waals surface area (Å²) >= 11 is 0. The lowest BCUT2D eigenvalue weighted by Crippen LogP contribution is -2.05. The first-order valence-corrected chi connectivity index (χ1v) is 6.25. The molecule has 0 spiro atoms. The normalized spacial score (nSPS) is 10.2. The Labute approximate surface area is 112 Å². The van der Waals surface area contributed by atoms with Gasteiger partial charge in [-0.3, -0.25) is 0 Å². The molecule has 0 atom stereocenters. The number of ether oxygens (including phenoxy) is 1. The summed E-state index contributed by atoms with van der Waals surface area (Å²) in [5.74, 6) is 2.62. The molecule has 2 rings (SSSR count). The molecule has 0 aliphatic heterocycles. The van der Waals surface area contributed by atoms with E-state index in [9.17, 15) is 0 Å². The summed E-state index contributed by atoms with van der Waals surface area (Å²) in [7, 11) is 1.64.